The van der Waals surface area contributed by atoms with E-state index in [2.05, 4.69) is 27.3 Å². The Morgan fingerprint density at radius 2 is 1.82 bits per heavy atom. The lowest BCUT2D eigenvalue weighted by atomic mass is 10.4. The van der Waals surface area contributed by atoms with E-state index in [0.29, 0.717) is 0 Å². The van der Waals surface area contributed by atoms with Gasteiger partial charge in [0.15, 0.2) is 8.32 Å². The molecule has 0 radical (unpaired) electrons. The lowest BCUT2D eigenvalue weighted by Gasteiger charge is -2.24. The fourth-order valence-electron chi connectivity index (χ4n) is 1.25. The van der Waals surface area contributed by atoms with E-state index < -0.39 is 8.32 Å². The van der Waals surface area contributed by atoms with Gasteiger partial charge >= 0.3 is 0 Å². The zero-order valence-corrected chi connectivity index (χ0v) is 9.44. The van der Waals surface area contributed by atoms with E-state index >= 15 is 0 Å². The van der Waals surface area contributed by atoms with Crippen LogP contribution in [0.15, 0.2) is 0 Å². The van der Waals surface area contributed by atoms with Crippen molar-refractivity contribution in [2.45, 2.75) is 52.2 Å². The minimum Gasteiger partial charge on any atom is -0.417 e. The van der Waals surface area contributed by atoms with Gasteiger partial charge in [0, 0.05) is 6.61 Å². The summed E-state index contributed by atoms with van der Waals surface area (Å²) in [7, 11) is -1.24. The van der Waals surface area contributed by atoms with Crippen molar-refractivity contribution in [3.05, 3.63) is 0 Å². The number of rotatable bonds is 6. The first kappa shape index (κ1) is 11.2. The molecule has 1 unspecified atom stereocenters. The Balaban J connectivity index is 3.68. The second-order valence-electron chi connectivity index (χ2n) is 3.34. The summed E-state index contributed by atoms with van der Waals surface area (Å²) in [5.41, 5.74) is 0. The summed E-state index contributed by atoms with van der Waals surface area (Å²) in [6.07, 6.45) is 2.65. The number of hydrogen-bond acceptors (Lipinski definition) is 1. The lowest BCUT2D eigenvalue weighted by Crippen LogP contribution is -2.33. The summed E-state index contributed by atoms with van der Waals surface area (Å²) < 4.78 is 5.82. The second-order valence-corrected chi connectivity index (χ2v) is 7.74. The Morgan fingerprint density at radius 3 is 2.18 bits per heavy atom. The zero-order chi connectivity index (χ0) is 8.74. The van der Waals surface area contributed by atoms with E-state index in [0.717, 1.165) is 6.61 Å². The predicted molar refractivity (Wildman–Crippen MR) is 53.4 cm³/mol. The van der Waals surface area contributed by atoms with Crippen molar-refractivity contribution >= 4 is 8.32 Å². The van der Waals surface area contributed by atoms with Gasteiger partial charge in [0.2, 0.25) is 0 Å². The van der Waals surface area contributed by atoms with Gasteiger partial charge in [0.05, 0.1) is 0 Å². The molecule has 0 fully saturated rings. The average molecular weight is 174 g/mol. The summed E-state index contributed by atoms with van der Waals surface area (Å²) in [6, 6.07) is 2.61. The number of unbranched alkanes of at least 4 members (excludes halogenated alkanes) is 1. The van der Waals surface area contributed by atoms with E-state index in [9.17, 15) is 0 Å². The molecular formula is C9H22OSi. The summed E-state index contributed by atoms with van der Waals surface area (Å²) in [5, 5.41) is 0. The molecule has 0 aliphatic heterocycles. The van der Waals surface area contributed by atoms with E-state index in [-0.39, 0.29) is 0 Å². The third-order valence-corrected chi connectivity index (χ3v) is 6.19. The van der Waals surface area contributed by atoms with Crippen LogP contribution in [-0.2, 0) is 4.43 Å². The van der Waals surface area contributed by atoms with E-state index in [4.69, 9.17) is 4.43 Å². The minimum atomic E-state index is -1.24. The molecule has 0 amide bonds. The van der Waals surface area contributed by atoms with Gasteiger partial charge in [-0.15, -0.1) is 0 Å². The highest BCUT2D eigenvalue weighted by molar-refractivity contribution is 6.72. The van der Waals surface area contributed by atoms with Crippen molar-refractivity contribution in [1.29, 1.82) is 0 Å². The summed E-state index contributed by atoms with van der Waals surface area (Å²) >= 11 is 0. The van der Waals surface area contributed by atoms with Crippen LogP contribution in [0, 0.1) is 0 Å². The maximum atomic E-state index is 5.82. The molecule has 0 saturated carbocycles. The monoisotopic (exact) mass is 174 g/mol. The minimum absolute atomic E-state index is 0.903. The Morgan fingerprint density at radius 1 is 1.18 bits per heavy atom. The standard InChI is InChI=1S/C9H22OSi/c1-5-8-9-11(4,7-3)10-6-2/h5-9H2,1-4H3. The summed E-state index contributed by atoms with van der Waals surface area (Å²) in [4.78, 5) is 0. The Kier molecular flexibility index (Phi) is 5.87. The molecule has 0 rings (SSSR count). The first-order chi connectivity index (χ1) is 5.18. The Labute approximate surface area is 72.3 Å². The predicted octanol–water partition coefficient (Wildman–Crippen LogP) is 3.42. The fourth-order valence-corrected chi connectivity index (χ4v) is 3.75. The average Bonchev–Trinajstić information content (AvgIpc) is 2.02. The van der Waals surface area contributed by atoms with Gasteiger partial charge in [-0.2, -0.15) is 0 Å². The molecule has 1 nitrogen and oxygen atoms in total. The molecule has 0 aromatic heterocycles. The molecule has 0 heterocycles. The Hall–Kier alpha value is 0.177. The highest BCUT2D eigenvalue weighted by Crippen LogP contribution is 2.19. The van der Waals surface area contributed by atoms with Gasteiger partial charge in [0.1, 0.15) is 0 Å². The molecule has 68 valence electrons. The molecule has 0 aromatic rings. The highest BCUT2D eigenvalue weighted by atomic mass is 28.4. The third kappa shape index (κ3) is 4.59. The van der Waals surface area contributed by atoms with Crippen molar-refractivity contribution in [1.82, 2.24) is 0 Å². The van der Waals surface area contributed by atoms with Gasteiger partial charge in [0.25, 0.3) is 0 Å². The zero-order valence-electron chi connectivity index (χ0n) is 8.44. The highest BCUT2D eigenvalue weighted by Gasteiger charge is 2.24. The molecule has 0 saturated heterocycles. The molecular weight excluding hydrogens is 152 g/mol. The van der Waals surface area contributed by atoms with Crippen LogP contribution in [0.1, 0.15) is 33.6 Å². The van der Waals surface area contributed by atoms with Crippen molar-refractivity contribution in [3.8, 4) is 0 Å². The van der Waals surface area contributed by atoms with Crippen LogP contribution in [-0.4, -0.2) is 14.9 Å². The topological polar surface area (TPSA) is 9.23 Å². The van der Waals surface area contributed by atoms with Crippen LogP contribution in [0.25, 0.3) is 0 Å². The first-order valence-corrected chi connectivity index (χ1v) is 7.64. The van der Waals surface area contributed by atoms with Crippen LogP contribution < -0.4 is 0 Å². The molecule has 2 heteroatoms. The van der Waals surface area contributed by atoms with Gasteiger partial charge in [-0.05, 0) is 25.6 Å². The van der Waals surface area contributed by atoms with E-state index in [1.807, 2.05) is 0 Å². The SMILES string of the molecule is CCCC[Si](C)(CC)OCC. The maximum Gasteiger partial charge on any atom is 0.189 e. The van der Waals surface area contributed by atoms with Crippen molar-refractivity contribution in [2.75, 3.05) is 6.61 Å². The number of hydrogen-bond donors (Lipinski definition) is 0. The van der Waals surface area contributed by atoms with E-state index in [1.165, 1.54) is 24.9 Å². The summed E-state index contributed by atoms with van der Waals surface area (Å²) in [6.45, 7) is 9.87. The third-order valence-electron chi connectivity index (χ3n) is 2.30. The fraction of sp³-hybridized carbons (Fsp3) is 1.00. The van der Waals surface area contributed by atoms with Gasteiger partial charge in [-0.3, -0.25) is 0 Å². The quantitative estimate of drug-likeness (QED) is 0.561. The largest absolute Gasteiger partial charge is 0.417 e. The molecule has 1 atom stereocenters. The Bertz CT molecular complexity index is 95.6. The van der Waals surface area contributed by atoms with Crippen LogP contribution in [0.4, 0.5) is 0 Å². The van der Waals surface area contributed by atoms with Crippen LogP contribution >= 0.6 is 0 Å². The second kappa shape index (κ2) is 5.78. The maximum absolute atomic E-state index is 5.82. The first-order valence-electron chi connectivity index (χ1n) is 4.82. The van der Waals surface area contributed by atoms with Gasteiger partial charge < -0.3 is 4.43 Å². The van der Waals surface area contributed by atoms with E-state index in [1.54, 1.807) is 0 Å². The van der Waals surface area contributed by atoms with Crippen molar-refractivity contribution in [3.63, 3.8) is 0 Å². The van der Waals surface area contributed by atoms with Gasteiger partial charge in [-0.1, -0.05) is 26.7 Å². The van der Waals surface area contributed by atoms with Crippen LogP contribution in [0.5, 0.6) is 0 Å². The van der Waals surface area contributed by atoms with Crippen LogP contribution in [0.3, 0.4) is 0 Å². The van der Waals surface area contributed by atoms with Crippen molar-refractivity contribution < 1.29 is 4.43 Å². The molecule has 0 aromatic carbocycles. The molecule has 0 N–H and O–H groups in total. The van der Waals surface area contributed by atoms with Crippen molar-refractivity contribution in [2.24, 2.45) is 0 Å². The molecule has 0 aliphatic rings. The summed E-state index contributed by atoms with van der Waals surface area (Å²) in [5.74, 6) is 0. The van der Waals surface area contributed by atoms with Gasteiger partial charge in [-0.25, -0.2) is 0 Å². The normalized spacial score (nSPS) is 16.4. The molecule has 0 bridgehead atoms. The van der Waals surface area contributed by atoms with Crippen LogP contribution in [0.2, 0.25) is 18.6 Å². The molecule has 0 aliphatic carbocycles. The molecule has 11 heavy (non-hydrogen) atoms. The lowest BCUT2D eigenvalue weighted by molar-refractivity contribution is 0.323. The molecule has 0 spiro atoms. The smallest absolute Gasteiger partial charge is 0.189 e.